The summed E-state index contributed by atoms with van der Waals surface area (Å²) in [7, 11) is 2.98. The third-order valence-corrected chi connectivity index (χ3v) is 4.91. The fourth-order valence-corrected chi connectivity index (χ4v) is 3.19. The predicted molar refractivity (Wildman–Crippen MR) is 104 cm³/mol. The van der Waals surface area contributed by atoms with Gasteiger partial charge in [-0.05, 0) is 37.1 Å². The Labute approximate surface area is 163 Å². The average molecular weight is 387 g/mol. The standard InChI is InChI=1S/C20H25N3O5/c1-12-6-7-21-11-15(12)23-19(24)13-9-17(26-2)18(27-3)10-14(13)22-20(25)16-5-4-8-28-16/h4-5,8-10,12,15,21H,6-7,11H2,1-3H3,(H,22,25)(H,23,24). The van der Waals surface area contributed by atoms with Crippen LogP contribution in [-0.4, -0.2) is 45.2 Å². The summed E-state index contributed by atoms with van der Waals surface area (Å²) in [5, 5.41) is 9.06. The first-order valence-electron chi connectivity index (χ1n) is 9.16. The highest BCUT2D eigenvalue weighted by molar-refractivity contribution is 6.08. The van der Waals surface area contributed by atoms with E-state index in [4.69, 9.17) is 13.9 Å². The molecule has 150 valence electrons. The Hall–Kier alpha value is -3.00. The van der Waals surface area contributed by atoms with Crippen LogP contribution in [0.3, 0.4) is 0 Å². The van der Waals surface area contributed by atoms with Gasteiger partial charge in [-0.3, -0.25) is 9.59 Å². The van der Waals surface area contributed by atoms with Crippen molar-refractivity contribution >= 4 is 17.5 Å². The molecule has 0 saturated carbocycles. The van der Waals surface area contributed by atoms with E-state index in [9.17, 15) is 9.59 Å². The molecule has 1 aliphatic rings. The molecule has 8 nitrogen and oxygen atoms in total. The third-order valence-electron chi connectivity index (χ3n) is 4.91. The van der Waals surface area contributed by atoms with Gasteiger partial charge in [0.25, 0.3) is 11.8 Å². The van der Waals surface area contributed by atoms with Crippen molar-refractivity contribution in [1.29, 1.82) is 0 Å². The first-order valence-corrected chi connectivity index (χ1v) is 9.16. The van der Waals surface area contributed by atoms with E-state index in [1.54, 1.807) is 24.3 Å². The summed E-state index contributed by atoms with van der Waals surface area (Å²) in [5.74, 6) is 0.549. The minimum Gasteiger partial charge on any atom is -0.493 e. The van der Waals surface area contributed by atoms with Crippen LogP contribution in [0, 0.1) is 5.92 Å². The lowest BCUT2D eigenvalue weighted by Gasteiger charge is -2.30. The maximum Gasteiger partial charge on any atom is 0.291 e. The van der Waals surface area contributed by atoms with Crippen LogP contribution in [0.1, 0.15) is 34.3 Å². The van der Waals surface area contributed by atoms with Gasteiger partial charge in [-0.25, -0.2) is 0 Å². The third kappa shape index (κ3) is 4.28. The fourth-order valence-electron chi connectivity index (χ4n) is 3.19. The van der Waals surface area contributed by atoms with E-state index in [-0.39, 0.29) is 23.3 Å². The number of piperidine rings is 1. The SMILES string of the molecule is COc1cc(NC(=O)c2ccco2)c(C(=O)NC2CNCCC2C)cc1OC. The second-order valence-corrected chi connectivity index (χ2v) is 6.73. The van der Waals surface area contributed by atoms with Gasteiger partial charge in [0.2, 0.25) is 0 Å². The van der Waals surface area contributed by atoms with E-state index in [0.29, 0.717) is 29.6 Å². The quantitative estimate of drug-likeness (QED) is 0.703. The number of rotatable bonds is 6. The summed E-state index contributed by atoms with van der Waals surface area (Å²) in [6.45, 7) is 3.75. The molecular formula is C20H25N3O5. The highest BCUT2D eigenvalue weighted by Gasteiger charge is 2.26. The Bertz CT molecular complexity index is 835. The molecule has 28 heavy (non-hydrogen) atoms. The Kier molecular flexibility index (Phi) is 6.20. The van der Waals surface area contributed by atoms with Gasteiger partial charge in [-0.2, -0.15) is 0 Å². The van der Waals surface area contributed by atoms with Crippen molar-refractivity contribution in [3.63, 3.8) is 0 Å². The minimum absolute atomic E-state index is 0.00275. The number of carbonyl (C=O) groups excluding carboxylic acids is 2. The zero-order valence-corrected chi connectivity index (χ0v) is 16.2. The summed E-state index contributed by atoms with van der Waals surface area (Å²) in [6, 6.07) is 6.30. The van der Waals surface area contributed by atoms with Crippen molar-refractivity contribution in [1.82, 2.24) is 10.6 Å². The van der Waals surface area contributed by atoms with Crippen molar-refractivity contribution in [2.45, 2.75) is 19.4 Å². The van der Waals surface area contributed by atoms with E-state index in [2.05, 4.69) is 22.9 Å². The molecule has 1 aliphatic heterocycles. The molecule has 1 fully saturated rings. The summed E-state index contributed by atoms with van der Waals surface area (Å²) in [6.07, 6.45) is 2.40. The van der Waals surface area contributed by atoms with Crippen LogP contribution >= 0.6 is 0 Å². The van der Waals surface area contributed by atoms with Crippen LogP contribution in [-0.2, 0) is 0 Å². The van der Waals surface area contributed by atoms with Crippen molar-refractivity contribution in [3.8, 4) is 11.5 Å². The van der Waals surface area contributed by atoms with Gasteiger partial charge in [0.15, 0.2) is 17.3 Å². The topological polar surface area (TPSA) is 102 Å². The molecule has 1 aromatic carbocycles. The monoisotopic (exact) mass is 387 g/mol. The summed E-state index contributed by atoms with van der Waals surface area (Å²) in [5.41, 5.74) is 0.600. The Morgan fingerprint density at radius 1 is 1.18 bits per heavy atom. The fraction of sp³-hybridized carbons (Fsp3) is 0.400. The smallest absolute Gasteiger partial charge is 0.291 e. The normalized spacial score (nSPS) is 19.0. The molecule has 0 radical (unpaired) electrons. The molecule has 2 atom stereocenters. The van der Waals surface area contributed by atoms with Gasteiger partial charge in [0.05, 0.1) is 31.7 Å². The van der Waals surface area contributed by atoms with Gasteiger partial charge < -0.3 is 29.8 Å². The summed E-state index contributed by atoms with van der Waals surface area (Å²) < 4.78 is 15.8. The van der Waals surface area contributed by atoms with Crippen LogP contribution in [0.2, 0.25) is 0 Å². The van der Waals surface area contributed by atoms with Gasteiger partial charge in [-0.1, -0.05) is 6.92 Å². The van der Waals surface area contributed by atoms with Crippen molar-refractivity contribution in [2.24, 2.45) is 5.92 Å². The number of ether oxygens (including phenoxy) is 2. The molecule has 0 aliphatic carbocycles. The molecule has 3 N–H and O–H groups in total. The van der Waals surface area contributed by atoms with Gasteiger partial charge in [0.1, 0.15) is 0 Å². The highest BCUT2D eigenvalue weighted by Crippen LogP contribution is 2.34. The molecule has 1 aromatic heterocycles. The molecule has 2 heterocycles. The lowest BCUT2D eigenvalue weighted by atomic mass is 9.94. The van der Waals surface area contributed by atoms with Gasteiger partial charge in [-0.15, -0.1) is 0 Å². The Balaban J connectivity index is 1.90. The number of anilines is 1. The van der Waals surface area contributed by atoms with Crippen LogP contribution in [0.4, 0.5) is 5.69 Å². The minimum atomic E-state index is -0.459. The molecule has 3 rings (SSSR count). The van der Waals surface area contributed by atoms with Crippen LogP contribution in [0.15, 0.2) is 34.9 Å². The molecule has 2 aromatic rings. The number of nitrogens with one attached hydrogen (secondary N) is 3. The molecule has 8 heteroatoms. The molecule has 1 saturated heterocycles. The van der Waals surface area contributed by atoms with Crippen molar-refractivity contribution < 1.29 is 23.5 Å². The molecule has 0 spiro atoms. The van der Waals surface area contributed by atoms with Gasteiger partial charge >= 0.3 is 0 Å². The Morgan fingerprint density at radius 3 is 2.57 bits per heavy atom. The maximum atomic E-state index is 13.0. The van der Waals surface area contributed by atoms with E-state index >= 15 is 0 Å². The summed E-state index contributed by atoms with van der Waals surface area (Å²) in [4.78, 5) is 25.4. The van der Waals surface area contributed by atoms with Gasteiger partial charge in [0, 0.05) is 18.7 Å². The maximum absolute atomic E-state index is 13.0. The highest BCUT2D eigenvalue weighted by atomic mass is 16.5. The van der Waals surface area contributed by atoms with Crippen LogP contribution in [0.5, 0.6) is 11.5 Å². The lowest BCUT2D eigenvalue weighted by Crippen LogP contribution is -2.50. The molecule has 0 bridgehead atoms. The zero-order chi connectivity index (χ0) is 20.1. The second kappa shape index (κ2) is 8.79. The van der Waals surface area contributed by atoms with Crippen molar-refractivity contribution in [3.05, 3.63) is 41.9 Å². The van der Waals surface area contributed by atoms with Crippen molar-refractivity contribution in [2.75, 3.05) is 32.6 Å². The second-order valence-electron chi connectivity index (χ2n) is 6.73. The first kappa shape index (κ1) is 19.8. The number of carbonyl (C=O) groups is 2. The molecule has 2 amide bonds. The average Bonchev–Trinajstić information content (AvgIpc) is 3.24. The first-order chi connectivity index (χ1) is 13.5. The predicted octanol–water partition coefficient (Wildman–Crippen LogP) is 2.28. The van der Waals surface area contributed by atoms with E-state index in [0.717, 1.165) is 13.0 Å². The molecule has 2 unspecified atom stereocenters. The Morgan fingerprint density at radius 2 is 1.93 bits per heavy atom. The largest absolute Gasteiger partial charge is 0.493 e. The van der Waals surface area contributed by atoms with E-state index < -0.39 is 5.91 Å². The van der Waals surface area contributed by atoms with E-state index in [1.165, 1.54) is 20.5 Å². The zero-order valence-electron chi connectivity index (χ0n) is 16.2. The number of benzene rings is 1. The lowest BCUT2D eigenvalue weighted by molar-refractivity contribution is 0.0915. The number of hydrogen-bond acceptors (Lipinski definition) is 6. The molecular weight excluding hydrogens is 362 g/mol. The number of hydrogen-bond donors (Lipinski definition) is 3. The number of furan rings is 1. The number of methoxy groups -OCH3 is 2. The van der Waals surface area contributed by atoms with Crippen LogP contribution in [0.25, 0.3) is 0 Å². The summed E-state index contributed by atoms with van der Waals surface area (Å²) >= 11 is 0. The number of amides is 2. The van der Waals surface area contributed by atoms with E-state index in [1.807, 2.05) is 0 Å². The van der Waals surface area contributed by atoms with Crippen LogP contribution < -0.4 is 25.4 Å².